The second kappa shape index (κ2) is 13.7. The SMILES string of the molecule is COc1cc(COc2c(Br)cc(/C=C3/C(=O)NC(=O)N(c4ccc(C)c(C)c4)C3=O)cc2OC)ccc1OCc1ccccc1. The Balaban J connectivity index is 1.34. The van der Waals surface area contributed by atoms with Crippen molar-refractivity contribution >= 4 is 45.5 Å². The molecule has 9 nitrogen and oxygen atoms in total. The molecule has 0 bridgehead atoms. The molecule has 1 fully saturated rings. The molecule has 5 rings (SSSR count). The van der Waals surface area contributed by atoms with Crippen LogP contribution >= 0.6 is 15.9 Å². The number of rotatable bonds is 10. The lowest BCUT2D eigenvalue weighted by atomic mass is 10.0. The number of barbiturate groups is 1. The van der Waals surface area contributed by atoms with E-state index in [0.29, 0.717) is 45.3 Å². The molecule has 1 heterocycles. The highest BCUT2D eigenvalue weighted by molar-refractivity contribution is 9.10. The number of halogens is 1. The van der Waals surface area contributed by atoms with Crippen LogP contribution in [0.5, 0.6) is 23.0 Å². The maximum atomic E-state index is 13.4. The first kappa shape index (κ1) is 31.3. The Morgan fingerprint density at radius 1 is 0.756 bits per heavy atom. The number of carbonyl (C=O) groups is 3. The van der Waals surface area contributed by atoms with E-state index in [1.54, 1.807) is 31.4 Å². The Labute approximate surface area is 269 Å². The van der Waals surface area contributed by atoms with E-state index in [-0.39, 0.29) is 12.2 Å². The lowest BCUT2D eigenvalue weighted by molar-refractivity contribution is -0.122. The van der Waals surface area contributed by atoms with E-state index >= 15 is 0 Å². The van der Waals surface area contributed by atoms with Gasteiger partial charge in [0.25, 0.3) is 11.8 Å². The number of carbonyl (C=O) groups excluding carboxylic acids is 3. The second-order valence-electron chi connectivity index (χ2n) is 10.3. The van der Waals surface area contributed by atoms with E-state index in [2.05, 4.69) is 21.2 Å². The second-order valence-corrected chi connectivity index (χ2v) is 11.2. The third kappa shape index (κ3) is 7.02. The van der Waals surface area contributed by atoms with Gasteiger partial charge in [0.2, 0.25) is 0 Å². The van der Waals surface area contributed by atoms with Crippen LogP contribution in [0, 0.1) is 13.8 Å². The molecule has 0 radical (unpaired) electrons. The van der Waals surface area contributed by atoms with Crippen molar-refractivity contribution in [2.24, 2.45) is 0 Å². The third-order valence-corrected chi connectivity index (χ3v) is 7.85. The maximum absolute atomic E-state index is 13.4. The number of amides is 4. The van der Waals surface area contributed by atoms with Crippen LogP contribution in [0.15, 0.2) is 88.9 Å². The zero-order valence-electron chi connectivity index (χ0n) is 25.2. The highest BCUT2D eigenvalue weighted by atomic mass is 79.9. The molecule has 0 aliphatic carbocycles. The van der Waals surface area contributed by atoms with Crippen LogP contribution < -0.4 is 29.2 Å². The van der Waals surface area contributed by atoms with Crippen LogP contribution in [-0.2, 0) is 22.8 Å². The van der Waals surface area contributed by atoms with Gasteiger partial charge in [0.1, 0.15) is 18.8 Å². The number of imide groups is 2. The standard InChI is InChI=1S/C35H31BrN2O7/c1-21-10-12-26(14-22(21)2)38-34(40)27(33(39)37-35(38)41)15-25-16-28(36)32(31(18-25)43-4)45-20-24-11-13-29(30(17-24)42-3)44-19-23-8-6-5-7-9-23/h5-18H,19-20H2,1-4H3,(H,37,39,41)/b27-15-. The molecule has 0 unspecified atom stereocenters. The van der Waals surface area contributed by atoms with Crippen LogP contribution in [0.4, 0.5) is 10.5 Å². The minimum Gasteiger partial charge on any atom is -0.493 e. The molecule has 0 saturated carbocycles. The van der Waals surface area contributed by atoms with Crippen molar-refractivity contribution < 1.29 is 33.3 Å². The summed E-state index contributed by atoms with van der Waals surface area (Å²) in [6.07, 6.45) is 1.41. The first-order valence-corrected chi connectivity index (χ1v) is 14.8. The summed E-state index contributed by atoms with van der Waals surface area (Å²) in [6.45, 7) is 4.42. The molecule has 4 aromatic carbocycles. The Morgan fingerprint density at radius 2 is 1.49 bits per heavy atom. The Bertz CT molecular complexity index is 1800. The van der Waals surface area contributed by atoms with Gasteiger partial charge in [0.05, 0.1) is 24.4 Å². The van der Waals surface area contributed by atoms with Gasteiger partial charge < -0.3 is 18.9 Å². The first-order valence-electron chi connectivity index (χ1n) is 14.0. The lowest BCUT2D eigenvalue weighted by Gasteiger charge is -2.27. The Morgan fingerprint density at radius 3 is 2.20 bits per heavy atom. The predicted molar refractivity (Wildman–Crippen MR) is 174 cm³/mol. The van der Waals surface area contributed by atoms with E-state index in [1.165, 1.54) is 13.2 Å². The molecule has 4 amide bonds. The molecule has 0 spiro atoms. The number of benzene rings is 4. The van der Waals surface area contributed by atoms with Crippen LogP contribution in [0.1, 0.15) is 27.8 Å². The van der Waals surface area contributed by atoms with Gasteiger partial charge in [-0.3, -0.25) is 14.9 Å². The molecular formula is C35H31BrN2O7. The lowest BCUT2D eigenvalue weighted by Crippen LogP contribution is -2.54. The van der Waals surface area contributed by atoms with Crippen molar-refractivity contribution in [3.63, 3.8) is 0 Å². The Kier molecular flexibility index (Phi) is 9.53. The maximum Gasteiger partial charge on any atom is 0.335 e. The third-order valence-electron chi connectivity index (χ3n) is 7.26. The van der Waals surface area contributed by atoms with Crippen LogP contribution in [0.2, 0.25) is 0 Å². The van der Waals surface area contributed by atoms with E-state index in [1.807, 2.05) is 68.4 Å². The molecular weight excluding hydrogens is 640 g/mol. The zero-order chi connectivity index (χ0) is 32.1. The average molecular weight is 672 g/mol. The molecule has 0 atom stereocenters. The number of anilines is 1. The summed E-state index contributed by atoms with van der Waals surface area (Å²) in [6, 6.07) is 23.2. The minimum absolute atomic E-state index is 0.193. The van der Waals surface area contributed by atoms with Gasteiger partial charge in [-0.15, -0.1) is 0 Å². The van der Waals surface area contributed by atoms with Gasteiger partial charge in [0.15, 0.2) is 23.0 Å². The number of nitrogens with one attached hydrogen (secondary N) is 1. The van der Waals surface area contributed by atoms with Crippen LogP contribution in [0.25, 0.3) is 6.08 Å². The van der Waals surface area contributed by atoms with Crippen LogP contribution in [0.3, 0.4) is 0 Å². The van der Waals surface area contributed by atoms with E-state index in [0.717, 1.165) is 27.2 Å². The molecule has 0 aromatic heterocycles. The minimum atomic E-state index is -0.805. The molecule has 1 saturated heterocycles. The van der Waals surface area contributed by atoms with Crippen molar-refractivity contribution in [2.45, 2.75) is 27.1 Å². The number of nitrogens with zero attached hydrogens (tertiary/aromatic N) is 1. The summed E-state index contributed by atoms with van der Waals surface area (Å²) in [5.41, 5.74) is 4.46. The molecule has 10 heteroatoms. The van der Waals surface area contributed by atoms with Gasteiger partial charge in [-0.05, 0) is 100 Å². The van der Waals surface area contributed by atoms with Crippen molar-refractivity contribution in [2.75, 3.05) is 19.1 Å². The highest BCUT2D eigenvalue weighted by Gasteiger charge is 2.37. The fraction of sp³-hybridized carbons (Fsp3) is 0.171. The largest absolute Gasteiger partial charge is 0.493 e. The predicted octanol–water partition coefficient (Wildman–Crippen LogP) is 6.91. The molecule has 1 N–H and O–H groups in total. The van der Waals surface area contributed by atoms with Gasteiger partial charge in [-0.2, -0.15) is 0 Å². The normalized spacial score (nSPS) is 13.9. The highest BCUT2D eigenvalue weighted by Crippen LogP contribution is 2.39. The summed E-state index contributed by atoms with van der Waals surface area (Å²) in [5, 5.41) is 2.26. The van der Waals surface area contributed by atoms with Crippen LogP contribution in [-0.4, -0.2) is 32.1 Å². The number of urea groups is 1. The van der Waals surface area contributed by atoms with Crippen molar-refractivity contribution in [1.82, 2.24) is 5.32 Å². The molecule has 1 aliphatic rings. The van der Waals surface area contributed by atoms with Crippen molar-refractivity contribution in [3.8, 4) is 23.0 Å². The van der Waals surface area contributed by atoms with Crippen molar-refractivity contribution in [1.29, 1.82) is 0 Å². The molecule has 1 aliphatic heterocycles. The first-order chi connectivity index (χ1) is 21.7. The topological polar surface area (TPSA) is 103 Å². The van der Waals surface area contributed by atoms with Gasteiger partial charge in [-0.25, -0.2) is 9.69 Å². The van der Waals surface area contributed by atoms with Gasteiger partial charge >= 0.3 is 6.03 Å². The number of methoxy groups -OCH3 is 2. The van der Waals surface area contributed by atoms with E-state index < -0.39 is 17.8 Å². The summed E-state index contributed by atoms with van der Waals surface area (Å²) in [4.78, 5) is 39.7. The molecule has 4 aromatic rings. The quantitative estimate of drug-likeness (QED) is 0.144. The summed E-state index contributed by atoms with van der Waals surface area (Å²) in [5.74, 6) is 0.466. The number of aryl methyl sites for hydroxylation is 2. The van der Waals surface area contributed by atoms with Gasteiger partial charge in [0, 0.05) is 0 Å². The fourth-order valence-electron chi connectivity index (χ4n) is 4.70. The summed E-state index contributed by atoms with van der Waals surface area (Å²) in [7, 11) is 3.07. The number of hydrogen-bond acceptors (Lipinski definition) is 7. The summed E-state index contributed by atoms with van der Waals surface area (Å²) < 4.78 is 23.7. The van der Waals surface area contributed by atoms with Gasteiger partial charge in [-0.1, -0.05) is 42.5 Å². The monoisotopic (exact) mass is 670 g/mol. The molecule has 230 valence electrons. The number of hydrogen-bond donors (Lipinski definition) is 1. The zero-order valence-corrected chi connectivity index (χ0v) is 26.8. The Hall–Kier alpha value is -5.09. The average Bonchev–Trinajstić information content (AvgIpc) is 3.03. The molecule has 45 heavy (non-hydrogen) atoms. The van der Waals surface area contributed by atoms with E-state index in [4.69, 9.17) is 18.9 Å². The summed E-state index contributed by atoms with van der Waals surface area (Å²) >= 11 is 3.53. The van der Waals surface area contributed by atoms with E-state index in [9.17, 15) is 14.4 Å². The smallest absolute Gasteiger partial charge is 0.335 e. The number of ether oxygens (including phenoxy) is 4. The fourth-order valence-corrected chi connectivity index (χ4v) is 5.27. The van der Waals surface area contributed by atoms with Crippen molar-refractivity contribution in [3.05, 3.63) is 117 Å².